The average molecular weight is 422 g/mol. The molecule has 152 valence electrons. The van der Waals surface area contributed by atoms with Crippen LogP contribution in [0.15, 0.2) is 71.6 Å². The van der Waals surface area contributed by atoms with Gasteiger partial charge in [-0.2, -0.15) is 13.2 Å². The third kappa shape index (κ3) is 5.78. The Kier molecular flexibility index (Phi) is 5.90. The summed E-state index contributed by atoms with van der Waals surface area (Å²) in [5.41, 5.74) is 1.15. The SMILES string of the molecule is O=C(Cc1ccc2ccccc2c1)Nc1ccc(S(=O)(=O)NCC(F)(F)F)cc1. The molecule has 0 atom stereocenters. The highest BCUT2D eigenvalue weighted by atomic mass is 32.2. The van der Waals surface area contributed by atoms with Crippen LogP contribution < -0.4 is 10.0 Å². The molecule has 0 heterocycles. The summed E-state index contributed by atoms with van der Waals surface area (Å²) in [6.07, 6.45) is -4.53. The Morgan fingerprint density at radius 3 is 2.21 bits per heavy atom. The fourth-order valence-corrected chi connectivity index (χ4v) is 3.73. The number of carbonyl (C=O) groups excluding carboxylic acids is 1. The van der Waals surface area contributed by atoms with E-state index in [1.807, 2.05) is 42.5 Å². The summed E-state index contributed by atoms with van der Waals surface area (Å²) in [6, 6.07) is 18.3. The van der Waals surface area contributed by atoms with E-state index in [9.17, 15) is 26.4 Å². The van der Waals surface area contributed by atoms with Crippen LogP contribution in [-0.4, -0.2) is 27.0 Å². The fourth-order valence-electron chi connectivity index (χ4n) is 2.72. The highest BCUT2D eigenvalue weighted by Gasteiger charge is 2.30. The van der Waals surface area contributed by atoms with E-state index >= 15 is 0 Å². The van der Waals surface area contributed by atoms with Gasteiger partial charge in [0.05, 0.1) is 11.3 Å². The topological polar surface area (TPSA) is 75.3 Å². The third-order valence-corrected chi connectivity index (χ3v) is 5.51. The Balaban J connectivity index is 1.63. The van der Waals surface area contributed by atoms with E-state index in [0.717, 1.165) is 28.5 Å². The predicted molar refractivity (Wildman–Crippen MR) is 104 cm³/mol. The molecule has 0 aliphatic heterocycles. The second kappa shape index (κ2) is 8.22. The number of anilines is 1. The lowest BCUT2D eigenvalue weighted by molar-refractivity contribution is -0.121. The summed E-state index contributed by atoms with van der Waals surface area (Å²) >= 11 is 0. The first-order chi connectivity index (χ1) is 13.6. The number of benzene rings is 3. The van der Waals surface area contributed by atoms with Crippen molar-refractivity contribution in [3.05, 3.63) is 72.3 Å². The number of rotatable bonds is 6. The molecule has 5 nitrogen and oxygen atoms in total. The van der Waals surface area contributed by atoms with Gasteiger partial charge in [-0.25, -0.2) is 13.1 Å². The molecule has 0 saturated heterocycles. The van der Waals surface area contributed by atoms with Crippen LogP contribution in [0.2, 0.25) is 0 Å². The van der Waals surface area contributed by atoms with Gasteiger partial charge in [-0.05, 0) is 40.6 Å². The molecule has 2 N–H and O–H groups in total. The van der Waals surface area contributed by atoms with Gasteiger partial charge in [0.25, 0.3) is 0 Å². The van der Waals surface area contributed by atoms with Gasteiger partial charge >= 0.3 is 6.18 Å². The van der Waals surface area contributed by atoms with E-state index in [4.69, 9.17) is 0 Å². The lowest BCUT2D eigenvalue weighted by atomic mass is 10.0. The van der Waals surface area contributed by atoms with Crippen LogP contribution in [0.3, 0.4) is 0 Å². The molecule has 9 heteroatoms. The minimum Gasteiger partial charge on any atom is -0.326 e. The summed E-state index contributed by atoms with van der Waals surface area (Å²) in [7, 11) is -4.29. The minimum atomic E-state index is -4.65. The predicted octanol–water partition coefficient (Wildman–Crippen LogP) is 3.86. The van der Waals surface area contributed by atoms with Crippen LogP contribution in [0.4, 0.5) is 18.9 Å². The van der Waals surface area contributed by atoms with E-state index in [0.29, 0.717) is 5.69 Å². The number of hydrogen-bond acceptors (Lipinski definition) is 3. The molecule has 0 fully saturated rings. The lowest BCUT2D eigenvalue weighted by Gasteiger charge is -2.10. The van der Waals surface area contributed by atoms with Gasteiger partial charge in [-0.1, -0.05) is 42.5 Å². The molecule has 1 amide bonds. The van der Waals surface area contributed by atoms with Gasteiger partial charge in [-0.15, -0.1) is 0 Å². The van der Waals surface area contributed by atoms with Gasteiger partial charge in [0.1, 0.15) is 6.54 Å². The molecule has 0 aliphatic rings. The largest absolute Gasteiger partial charge is 0.402 e. The number of sulfonamides is 1. The minimum absolute atomic E-state index is 0.123. The molecule has 0 bridgehead atoms. The molecule has 0 aliphatic carbocycles. The summed E-state index contributed by atoms with van der Waals surface area (Å²) in [5.74, 6) is -0.300. The van der Waals surface area contributed by atoms with Crippen molar-refractivity contribution in [2.75, 3.05) is 11.9 Å². The molecular weight excluding hydrogens is 405 g/mol. The molecule has 0 unspecified atom stereocenters. The van der Waals surface area contributed by atoms with E-state index in [1.54, 1.807) is 0 Å². The number of carbonyl (C=O) groups is 1. The molecule has 0 saturated carbocycles. The smallest absolute Gasteiger partial charge is 0.326 e. The van der Waals surface area contributed by atoms with Gasteiger partial charge < -0.3 is 5.32 Å². The molecular formula is C20H17F3N2O3S. The number of fused-ring (bicyclic) bond motifs is 1. The number of halogens is 3. The van der Waals surface area contributed by atoms with Gasteiger partial charge in [0.15, 0.2) is 0 Å². The van der Waals surface area contributed by atoms with Crippen LogP contribution in [-0.2, 0) is 21.2 Å². The second-order valence-electron chi connectivity index (χ2n) is 6.37. The van der Waals surface area contributed by atoms with Crippen molar-refractivity contribution < 1.29 is 26.4 Å². The van der Waals surface area contributed by atoms with Gasteiger partial charge in [0.2, 0.25) is 15.9 Å². The number of nitrogens with one attached hydrogen (secondary N) is 2. The third-order valence-electron chi connectivity index (χ3n) is 4.09. The van der Waals surface area contributed by atoms with E-state index in [2.05, 4.69) is 5.32 Å². The van der Waals surface area contributed by atoms with E-state index in [-0.39, 0.29) is 17.2 Å². The van der Waals surface area contributed by atoms with Crippen LogP contribution in [0, 0.1) is 0 Å². The molecule has 3 aromatic rings. The van der Waals surface area contributed by atoms with Crippen LogP contribution in [0.1, 0.15) is 5.56 Å². The molecule has 3 aromatic carbocycles. The maximum atomic E-state index is 12.2. The Hall–Kier alpha value is -2.91. The fraction of sp³-hybridized carbons (Fsp3) is 0.150. The summed E-state index contributed by atoms with van der Waals surface area (Å²) < 4.78 is 61.8. The Morgan fingerprint density at radius 1 is 0.897 bits per heavy atom. The van der Waals surface area contributed by atoms with Crippen LogP contribution >= 0.6 is 0 Å². The van der Waals surface area contributed by atoms with Crippen molar-refractivity contribution in [2.45, 2.75) is 17.5 Å². The molecule has 3 rings (SSSR count). The van der Waals surface area contributed by atoms with Gasteiger partial charge in [0, 0.05) is 5.69 Å². The average Bonchev–Trinajstić information content (AvgIpc) is 2.66. The number of alkyl halides is 3. The van der Waals surface area contributed by atoms with Crippen molar-refractivity contribution >= 4 is 32.4 Å². The molecule has 0 aromatic heterocycles. The second-order valence-corrected chi connectivity index (χ2v) is 8.14. The molecule has 0 spiro atoms. The quantitative estimate of drug-likeness (QED) is 0.634. The molecule has 0 radical (unpaired) electrons. The summed E-state index contributed by atoms with van der Waals surface area (Å²) in [4.78, 5) is 11.9. The lowest BCUT2D eigenvalue weighted by Crippen LogP contribution is -2.33. The van der Waals surface area contributed by atoms with Crippen molar-refractivity contribution in [2.24, 2.45) is 0 Å². The maximum Gasteiger partial charge on any atom is 0.402 e. The highest BCUT2D eigenvalue weighted by Crippen LogP contribution is 2.19. The highest BCUT2D eigenvalue weighted by molar-refractivity contribution is 7.89. The van der Waals surface area contributed by atoms with E-state index in [1.165, 1.54) is 16.9 Å². The van der Waals surface area contributed by atoms with Crippen molar-refractivity contribution in [3.8, 4) is 0 Å². The van der Waals surface area contributed by atoms with Crippen LogP contribution in [0.25, 0.3) is 10.8 Å². The summed E-state index contributed by atoms with van der Waals surface area (Å²) in [5, 5.41) is 4.71. The standard InChI is InChI=1S/C20H17F3N2O3S/c21-20(22,23)13-24-29(27,28)18-9-7-17(8-10-18)25-19(26)12-14-5-6-15-3-1-2-4-16(15)11-14/h1-11,24H,12-13H2,(H,25,26). The first-order valence-electron chi connectivity index (χ1n) is 8.56. The summed E-state index contributed by atoms with van der Waals surface area (Å²) in [6.45, 7) is -1.65. The first-order valence-corrected chi connectivity index (χ1v) is 10.0. The Morgan fingerprint density at radius 2 is 1.55 bits per heavy atom. The number of amides is 1. The van der Waals surface area contributed by atoms with Gasteiger partial charge in [-0.3, -0.25) is 4.79 Å². The van der Waals surface area contributed by atoms with Crippen molar-refractivity contribution in [1.29, 1.82) is 0 Å². The zero-order chi connectivity index (χ0) is 21.1. The van der Waals surface area contributed by atoms with Crippen molar-refractivity contribution in [3.63, 3.8) is 0 Å². The normalized spacial score (nSPS) is 12.1. The van der Waals surface area contributed by atoms with Crippen molar-refractivity contribution in [1.82, 2.24) is 4.72 Å². The zero-order valence-electron chi connectivity index (χ0n) is 15.0. The first kappa shape index (κ1) is 20.8. The number of hydrogen-bond donors (Lipinski definition) is 2. The van der Waals surface area contributed by atoms with Crippen LogP contribution in [0.5, 0.6) is 0 Å². The Bertz CT molecular complexity index is 1130. The zero-order valence-corrected chi connectivity index (χ0v) is 15.8. The van der Waals surface area contributed by atoms with E-state index < -0.39 is 22.7 Å². The maximum absolute atomic E-state index is 12.2. The molecule has 29 heavy (non-hydrogen) atoms. The Labute approximate surface area is 165 Å². The monoisotopic (exact) mass is 422 g/mol.